The molecule has 5 heteroatoms. The predicted molar refractivity (Wildman–Crippen MR) is 56.9 cm³/mol. The molecule has 0 fully saturated rings. The normalized spacial score (nSPS) is 12.7. The fourth-order valence-corrected chi connectivity index (χ4v) is 1.31. The summed E-state index contributed by atoms with van der Waals surface area (Å²) in [6.07, 6.45) is 0.713. The monoisotopic (exact) mass is 221 g/mol. The van der Waals surface area contributed by atoms with Crippen LogP contribution < -0.4 is 5.73 Å². The molecule has 0 unspecified atom stereocenters. The molecule has 84 valence electrons. The van der Waals surface area contributed by atoms with Crippen LogP contribution in [-0.2, 0) is 0 Å². The van der Waals surface area contributed by atoms with Crippen molar-refractivity contribution in [3.8, 4) is 11.4 Å². The summed E-state index contributed by atoms with van der Waals surface area (Å²) in [5, 5.41) is 3.76. The van der Waals surface area contributed by atoms with Crippen LogP contribution in [0.25, 0.3) is 11.4 Å². The Balaban J connectivity index is 2.31. The zero-order valence-electron chi connectivity index (χ0n) is 8.85. The summed E-state index contributed by atoms with van der Waals surface area (Å²) in [6, 6.07) is 5.76. The molecule has 2 aromatic rings. The van der Waals surface area contributed by atoms with Crippen molar-refractivity contribution >= 4 is 0 Å². The number of nitrogens with zero attached hydrogens (tertiary/aromatic N) is 2. The first-order chi connectivity index (χ1) is 7.70. The standard InChI is InChI=1S/C11H12FN3O/c1-2-9(13)11-14-10(15-16-11)7-4-3-5-8(12)6-7/h3-6,9H,2,13H2,1H3/t9-/m0/s1. The third-order valence-corrected chi connectivity index (χ3v) is 2.28. The largest absolute Gasteiger partial charge is 0.337 e. The molecule has 2 N–H and O–H groups in total. The third kappa shape index (κ3) is 2.09. The molecule has 0 aliphatic rings. The SMILES string of the molecule is CC[C@H](N)c1nc(-c2cccc(F)c2)no1. The van der Waals surface area contributed by atoms with Gasteiger partial charge in [-0.2, -0.15) is 4.98 Å². The van der Waals surface area contributed by atoms with Gasteiger partial charge >= 0.3 is 0 Å². The maximum Gasteiger partial charge on any atom is 0.243 e. The molecular formula is C11H12FN3O. The summed E-state index contributed by atoms with van der Waals surface area (Å²) in [5.41, 5.74) is 6.33. The average molecular weight is 221 g/mol. The Labute approximate surface area is 92.3 Å². The highest BCUT2D eigenvalue weighted by atomic mass is 19.1. The Morgan fingerprint density at radius 3 is 3.00 bits per heavy atom. The summed E-state index contributed by atoms with van der Waals surface area (Å²) in [4.78, 5) is 4.12. The van der Waals surface area contributed by atoms with Crippen molar-refractivity contribution < 1.29 is 8.91 Å². The maximum absolute atomic E-state index is 13.0. The van der Waals surface area contributed by atoms with Gasteiger partial charge in [-0.1, -0.05) is 24.2 Å². The van der Waals surface area contributed by atoms with Gasteiger partial charge in [-0.15, -0.1) is 0 Å². The van der Waals surface area contributed by atoms with E-state index in [1.54, 1.807) is 12.1 Å². The van der Waals surface area contributed by atoms with Crippen molar-refractivity contribution in [2.24, 2.45) is 5.73 Å². The predicted octanol–water partition coefficient (Wildman–Crippen LogP) is 2.29. The van der Waals surface area contributed by atoms with Gasteiger partial charge in [0.1, 0.15) is 5.82 Å². The summed E-state index contributed by atoms with van der Waals surface area (Å²) in [7, 11) is 0. The molecular weight excluding hydrogens is 209 g/mol. The zero-order valence-corrected chi connectivity index (χ0v) is 8.85. The molecule has 1 atom stereocenters. The van der Waals surface area contributed by atoms with Crippen molar-refractivity contribution in [1.29, 1.82) is 0 Å². The number of benzene rings is 1. The first-order valence-corrected chi connectivity index (χ1v) is 5.06. The van der Waals surface area contributed by atoms with Crippen molar-refractivity contribution in [2.45, 2.75) is 19.4 Å². The second-order valence-electron chi connectivity index (χ2n) is 3.48. The number of halogens is 1. The van der Waals surface area contributed by atoms with Crippen LogP contribution >= 0.6 is 0 Å². The van der Waals surface area contributed by atoms with Crippen LogP contribution in [0.2, 0.25) is 0 Å². The van der Waals surface area contributed by atoms with Gasteiger partial charge in [0, 0.05) is 5.56 Å². The van der Waals surface area contributed by atoms with E-state index in [9.17, 15) is 4.39 Å². The molecule has 2 rings (SSSR count). The first kappa shape index (κ1) is 10.8. The summed E-state index contributed by atoms with van der Waals surface area (Å²) in [6.45, 7) is 1.93. The second-order valence-corrected chi connectivity index (χ2v) is 3.48. The number of aromatic nitrogens is 2. The lowest BCUT2D eigenvalue weighted by Gasteiger charge is -1.99. The zero-order chi connectivity index (χ0) is 11.5. The van der Waals surface area contributed by atoms with Crippen LogP contribution in [0.15, 0.2) is 28.8 Å². The van der Waals surface area contributed by atoms with E-state index >= 15 is 0 Å². The molecule has 0 aliphatic carbocycles. The van der Waals surface area contributed by atoms with Crippen LogP contribution in [0.5, 0.6) is 0 Å². The van der Waals surface area contributed by atoms with E-state index in [-0.39, 0.29) is 11.9 Å². The molecule has 16 heavy (non-hydrogen) atoms. The molecule has 0 aliphatic heterocycles. The van der Waals surface area contributed by atoms with Gasteiger partial charge in [0.25, 0.3) is 0 Å². The number of hydrogen-bond donors (Lipinski definition) is 1. The highest BCUT2D eigenvalue weighted by molar-refractivity contribution is 5.53. The van der Waals surface area contributed by atoms with Crippen LogP contribution in [0.1, 0.15) is 25.3 Å². The number of rotatable bonds is 3. The van der Waals surface area contributed by atoms with Crippen molar-refractivity contribution in [3.05, 3.63) is 36.0 Å². The van der Waals surface area contributed by atoms with Gasteiger partial charge < -0.3 is 10.3 Å². The highest BCUT2D eigenvalue weighted by Crippen LogP contribution is 2.19. The van der Waals surface area contributed by atoms with E-state index in [1.165, 1.54) is 12.1 Å². The molecule has 1 aromatic heterocycles. The minimum atomic E-state index is -0.330. The van der Waals surface area contributed by atoms with E-state index in [1.807, 2.05) is 6.92 Å². The fraction of sp³-hybridized carbons (Fsp3) is 0.273. The molecule has 0 spiro atoms. The van der Waals surface area contributed by atoms with Gasteiger partial charge in [0.15, 0.2) is 0 Å². The Morgan fingerprint density at radius 1 is 1.50 bits per heavy atom. The lowest BCUT2D eigenvalue weighted by atomic mass is 10.2. The second kappa shape index (κ2) is 4.40. The van der Waals surface area contributed by atoms with E-state index in [4.69, 9.17) is 10.3 Å². The van der Waals surface area contributed by atoms with Gasteiger partial charge in [0.2, 0.25) is 11.7 Å². The molecule has 0 saturated carbocycles. The lowest BCUT2D eigenvalue weighted by Crippen LogP contribution is -2.08. The Bertz CT molecular complexity index is 484. The lowest BCUT2D eigenvalue weighted by molar-refractivity contribution is 0.352. The minimum Gasteiger partial charge on any atom is -0.337 e. The quantitative estimate of drug-likeness (QED) is 0.863. The van der Waals surface area contributed by atoms with E-state index < -0.39 is 0 Å². The molecule has 1 heterocycles. The Hall–Kier alpha value is -1.75. The molecule has 0 radical (unpaired) electrons. The van der Waals surface area contributed by atoms with Crippen molar-refractivity contribution in [3.63, 3.8) is 0 Å². The Morgan fingerprint density at radius 2 is 2.31 bits per heavy atom. The topological polar surface area (TPSA) is 64.9 Å². The minimum absolute atomic E-state index is 0.269. The molecule has 4 nitrogen and oxygen atoms in total. The summed E-state index contributed by atoms with van der Waals surface area (Å²) >= 11 is 0. The van der Waals surface area contributed by atoms with Crippen LogP contribution in [-0.4, -0.2) is 10.1 Å². The smallest absolute Gasteiger partial charge is 0.243 e. The molecule has 0 saturated heterocycles. The van der Waals surface area contributed by atoms with Gasteiger partial charge in [-0.3, -0.25) is 0 Å². The fourth-order valence-electron chi connectivity index (χ4n) is 1.31. The average Bonchev–Trinajstić information content (AvgIpc) is 2.77. The molecule has 0 amide bonds. The third-order valence-electron chi connectivity index (χ3n) is 2.28. The van der Waals surface area contributed by atoms with Crippen molar-refractivity contribution in [1.82, 2.24) is 10.1 Å². The first-order valence-electron chi connectivity index (χ1n) is 5.06. The van der Waals surface area contributed by atoms with Gasteiger partial charge in [-0.05, 0) is 18.6 Å². The maximum atomic E-state index is 13.0. The number of nitrogens with two attached hydrogens (primary N) is 1. The van der Waals surface area contributed by atoms with E-state index in [0.29, 0.717) is 23.7 Å². The van der Waals surface area contributed by atoms with Crippen molar-refractivity contribution in [2.75, 3.05) is 0 Å². The van der Waals surface area contributed by atoms with Gasteiger partial charge in [-0.25, -0.2) is 4.39 Å². The van der Waals surface area contributed by atoms with Gasteiger partial charge in [0.05, 0.1) is 6.04 Å². The molecule has 1 aromatic carbocycles. The van der Waals surface area contributed by atoms with Crippen LogP contribution in [0, 0.1) is 5.82 Å². The van der Waals surface area contributed by atoms with E-state index in [0.717, 1.165) is 0 Å². The van der Waals surface area contributed by atoms with E-state index in [2.05, 4.69) is 10.1 Å². The Kier molecular flexibility index (Phi) is 2.96. The van der Waals surface area contributed by atoms with Crippen LogP contribution in [0.4, 0.5) is 4.39 Å². The number of hydrogen-bond acceptors (Lipinski definition) is 4. The summed E-state index contributed by atoms with van der Waals surface area (Å²) in [5.74, 6) is 0.406. The summed E-state index contributed by atoms with van der Waals surface area (Å²) < 4.78 is 18.0. The highest BCUT2D eigenvalue weighted by Gasteiger charge is 2.13. The molecule has 0 bridgehead atoms. The van der Waals surface area contributed by atoms with Crippen LogP contribution in [0.3, 0.4) is 0 Å².